The molecule has 0 aliphatic carbocycles. The van der Waals surface area contributed by atoms with Gasteiger partial charge in [0.15, 0.2) is 11.5 Å². The molecule has 0 radical (unpaired) electrons. The van der Waals surface area contributed by atoms with Gasteiger partial charge in [0, 0.05) is 18.2 Å². The molecule has 17 heavy (non-hydrogen) atoms. The predicted octanol–water partition coefficient (Wildman–Crippen LogP) is 0.564. The Hall–Kier alpha value is -1.75. The maximum Gasteiger partial charge on any atom is 0.242 e. The maximum absolute atomic E-state index is 11.9. The second-order valence-corrected chi connectivity index (χ2v) is 4.33. The maximum atomic E-state index is 11.9. The molecule has 1 aromatic rings. The summed E-state index contributed by atoms with van der Waals surface area (Å²) in [6, 6.07) is 5.40. The fourth-order valence-electron chi connectivity index (χ4n) is 2.20. The van der Waals surface area contributed by atoms with E-state index in [1.165, 1.54) is 0 Å². The van der Waals surface area contributed by atoms with Crippen molar-refractivity contribution in [1.29, 1.82) is 0 Å². The first-order valence-corrected chi connectivity index (χ1v) is 5.68. The Balaban J connectivity index is 1.94. The summed E-state index contributed by atoms with van der Waals surface area (Å²) in [5.74, 6) is 1.36. The zero-order valence-electron chi connectivity index (χ0n) is 9.53. The Morgan fingerprint density at radius 1 is 1.35 bits per heavy atom. The topological polar surface area (TPSA) is 59.6 Å². The largest absolute Gasteiger partial charge is 0.454 e. The highest BCUT2D eigenvalue weighted by Gasteiger charge is 2.31. The van der Waals surface area contributed by atoms with Crippen LogP contribution in [0.25, 0.3) is 0 Å². The quantitative estimate of drug-likeness (QED) is 0.745. The molecule has 2 N–H and O–H groups in total. The monoisotopic (exact) mass is 234 g/mol. The van der Waals surface area contributed by atoms with E-state index in [1.54, 1.807) is 0 Å². The average Bonchev–Trinajstić information content (AvgIpc) is 2.77. The van der Waals surface area contributed by atoms with Crippen molar-refractivity contribution in [3.8, 4) is 11.5 Å². The first-order chi connectivity index (χ1) is 8.25. The number of carbonyl (C=O) groups excluding carboxylic acids is 1. The lowest BCUT2D eigenvalue weighted by molar-refractivity contribution is -0.125. The number of para-hydroxylation sites is 1. The van der Waals surface area contributed by atoms with E-state index in [1.807, 2.05) is 25.1 Å². The Morgan fingerprint density at radius 2 is 2.24 bits per heavy atom. The van der Waals surface area contributed by atoms with Crippen LogP contribution in [0.3, 0.4) is 0 Å². The summed E-state index contributed by atoms with van der Waals surface area (Å²) in [7, 11) is 0. The van der Waals surface area contributed by atoms with E-state index in [0.29, 0.717) is 11.5 Å². The molecule has 0 bridgehead atoms. The highest BCUT2D eigenvalue weighted by atomic mass is 16.7. The molecule has 1 aromatic carbocycles. The van der Waals surface area contributed by atoms with Gasteiger partial charge in [0.05, 0.1) is 0 Å². The van der Waals surface area contributed by atoms with Gasteiger partial charge in [-0.15, -0.1) is 0 Å². The second-order valence-electron chi connectivity index (χ2n) is 4.33. The van der Waals surface area contributed by atoms with Crippen LogP contribution >= 0.6 is 0 Å². The third-order valence-corrected chi connectivity index (χ3v) is 3.02. The summed E-state index contributed by atoms with van der Waals surface area (Å²) >= 11 is 0. The summed E-state index contributed by atoms with van der Waals surface area (Å²) in [5, 5.41) is 6.14. The summed E-state index contributed by atoms with van der Waals surface area (Å²) < 4.78 is 10.7. The van der Waals surface area contributed by atoms with Crippen molar-refractivity contribution in [2.45, 2.75) is 19.0 Å². The molecular weight excluding hydrogens is 220 g/mol. The smallest absolute Gasteiger partial charge is 0.242 e. The number of benzene rings is 1. The number of ether oxygens (including phenoxy) is 2. The summed E-state index contributed by atoms with van der Waals surface area (Å²) in [5.41, 5.74) is 0.837. The van der Waals surface area contributed by atoms with Crippen LogP contribution in [0.2, 0.25) is 0 Å². The Morgan fingerprint density at radius 3 is 3.06 bits per heavy atom. The van der Waals surface area contributed by atoms with Gasteiger partial charge < -0.3 is 20.1 Å². The van der Waals surface area contributed by atoms with E-state index < -0.39 is 0 Å². The Kier molecular flexibility index (Phi) is 2.40. The minimum Gasteiger partial charge on any atom is -0.454 e. The fraction of sp³-hybridized carbons (Fsp3) is 0.417. The average molecular weight is 234 g/mol. The van der Waals surface area contributed by atoms with Crippen LogP contribution < -0.4 is 20.1 Å². The second kappa shape index (κ2) is 3.92. The molecule has 2 heterocycles. The van der Waals surface area contributed by atoms with E-state index in [9.17, 15) is 4.79 Å². The highest BCUT2D eigenvalue weighted by Crippen LogP contribution is 2.38. The van der Waals surface area contributed by atoms with E-state index >= 15 is 0 Å². The number of rotatable bonds is 1. The minimum atomic E-state index is -0.358. The lowest BCUT2D eigenvalue weighted by Gasteiger charge is -2.28. The first kappa shape index (κ1) is 10.4. The molecule has 2 aliphatic rings. The third-order valence-electron chi connectivity index (χ3n) is 3.02. The van der Waals surface area contributed by atoms with E-state index in [4.69, 9.17) is 9.47 Å². The van der Waals surface area contributed by atoms with Crippen LogP contribution in [0.5, 0.6) is 11.5 Å². The summed E-state index contributed by atoms with van der Waals surface area (Å²) in [6.45, 7) is 2.94. The van der Waals surface area contributed by atoms with Crippen molar-refractivity contribution in [2.24, 2.45) is 0 Å². The predicted molar refractivity (Wildman–Crippen MR) is 60.9 cm³/mol. The molecule has 0 spiro atoms. The highest BCUT2D eigenvalue weighted by molar-refractivity contribution is 5.85. The molecule has 2 unspecified atom stereocenters. The van der Waals surface area contributed by atoms with Crippen LogP contribution in [-0.4, -0.2) is 25.3 Å². The number of piperazine rings is 1. The lowest BCUT2D eigenvalue weighted by Crippen LogP contribution is -2.52. The van der Waals surface area contributed by atoms with Gasteiger partial charge >= 0.3 is 0 Å². The number of fused-ring (bicyclic) bond motifs is 1. The van der Waals surface area contributed by atoms with Crippen molar-refractivity contribution in [3.05, 3.63) is 23.8 Å². The van der Waals surface area contributed by atoms with Crippen LogP contribution in [0, 0.1) is 0 Å². The van der Waals surface area contributed by atoms with E-state index in [2.05, 4.69) is 10.6 Å². The van der Waals surface area contributed by atoms with Gasteiger partial charge in [0.1, 0.15) is 6.04 Å². The molecule has 2 aliphatic heterocycles. The third kappa shape index (κ3) is 1.72. The molecule has 3 rings (SSSR count). The minimum absolute atomic E-state index is 0.0207. The van der Waals surface area contributed by atoms with Crippen LogP contribution in [-0.2, 0) is 4.79 Å². The standard InChI is InChI=1S/C12H14N2O3/c1-7-5-13-10(12(15)14-7)8-3-2-4-9-11(8)17-6-16-9/h2-4,7,10,13H,5-6H2,1H3,(H,14,15). The van der Waals surface area contributed by atoms with Crippen molar-refractivity contribution in [1.82, 2.24) is 10.6 Å². The molecule has 90 valence electrons. The first-order valence-electron chi connectivity index (χ1n) is 5.68. The van der Waals surface area contributed by atoms with Gasteiger partial charge in [-0.3, -0.25) is 4.79 Å². The van der Waals surface area contributed by atoms with Gasteiger partial charge in [0.2, 0.25) is 12.7 Å². The molecule has 5 heteroatoms. The van der Waals surface area contributed by atoms with E-state index in [0.717, 1.165) is 12.1 Å². The van der Waals surface area contributed by atoms with Crippen molar-refractivity contribution < 1.29 is 14.3 Å². The molecule has 0 saturated carbocycles. The van der Waals surface area contributed by atoms with Gasteiger partial charge in [-0.2, -0.15) is 0 Å². The number of carbonyl (C=O) groups is 1. The Labute approximate surface area is 99.1 Å². The molecule has 0 aromatic heterocycles. The summed E-state index contributed by atoms with van der Waals surface area (Å²) in [6.07, 6.45) is 0. The van der Waals surface area contributed by atoms with Crippen LogP contribution in [0.1, 0.15) is 18.5 Å². The number of hydrogen-bond donors (Lipinski definition) is 2. The van der Waals surface area contributed by atoms with Crippen molar-refractivity contribution in [3.63, 3.8) is 0 Å². The lowest BCUT2D eigenvalue weighted by atomic mass is 10.0. The van der Waals surface area contributed by atoms with Crippen molar-refractivity contribution in [2.75, 3.05) is 13.3 Å². The number of nitrogens with one attached hydrogen (secondary N) is 2. The molecule has 2 atom stereocenters. The van der Waals surface area contributed by atoms with E-state index in [-0.39, 0.29) is 24.8 Å². The zero-order chi connectivity index (χ0) is 11.8. The van der Waals surface area contributed by atoms with Crippen LogP contribution in [0.15, 0.2) is 18.2 Å². The SMILES string of the molecule is CC1CNC(c2cccc3c2OCO3)C(=O)N1. The zero-order valence-corrected chi connectivity index (χ0v) is 9.53. The molecule has 1 fully saturated rings. The van der Waals surface area contributed by atoms with Gasteiger partial charge in [-0.25, -0.2) is 0 Å². The van der Waals surface area contributed by atoms with Gasteiger partial charge in [-0.1, -0.05) is 12.1 Å². The number of hydrogen-bond acceptors (Lipinski definition) is 4. The Bertz CT molecular complexity index is 461. The molecular formula is C12H14N2O3. The molecule has 1 amide bonds. The fourth-order valence-corrected chi connectivity index (χ4v) is 2.20. The van der Waals surface area contributed by atoms with Gasteiger partial charge in [0.25, 0.3) is 0 Å². The van der Waals surface area contributed by atoms with Crippen LogP contribution in [0.4, 0.5) is 0 Å². The van der Waals surface area contributed by atoms with Gasteiger partial charge in [-0.05, 0) is 13.0 Å². The molecule has 5 nitrogen and oxygen atoms in total. The summed E-state index contributed by atoms with van der Waals surface area (Å²) in [4.78, 5) is 11.9. The normalized spacial score (nSPS) is 26.8. The number of amides is 1. The molecule has 1 saturated heterocycles. The van der Waals surface area contributed by atoms with Crippen molar-refractivity contribution >= 4 is 5.91 Å².